The summed E-state index contributed by atoms with van der Waals surface area (Å²) < 4.78 is 1.11. The zero-order valence-corrected chi connectivity index (χ0v) is 14.0. The highest BCUT2D eigenvalue weighted by atomic mass is 79.9. The van der Waals surface area contributed by atoms with Crippen LogP contribution >= 0.6 is 27.3 Å². The number of hydrogen-bond donors (Lipinski definition) is 2. The number of amides is 2. The van der Waals surface area contributed by atoms with Gasteiger partial charge in [0.05, 0.1) is 6.04 Å². The molecule has 1 saturated heterocycles. The van der Waals surface area contributed by atoms with Crippen LogP contribution < -0.4 is 15.5 Å². The minimum Gasteiger partial charge on any atom is -0.378 e. The van der Waals surface area contributed by atoms with Crippen LogP contribution in [-0.2, 0) is 0 Å². The number of anilines is 2. The molecule has 1 fully saturated rings. The predicted molar refractivity (Wildman–Crippen MR) is 91.2 cm³/mol. The molecule has 110 valence electrons. The maximum Gasteiger partial charge on any atom is 0.321 e. The van der Waals surface area contributed by atoms with E-state index < -0.39 is 0 Å². The molecule has 1 aliphatic rings. The fraction of sp³-hybridized carbons (Fsp3) is 0.267. The van der Waals surface area contributed by atoms with Gasteiger partial charge in [0, 0.05) is 39.2 Å². The number of benzene rings is 1. The number of halogens is 1. The smallest absolute Gasteiger partial charge is 0.321 e. The number of thiophene rings is 1. The van der Waals surface area contributed by atoms with Gasteiger partial charge >= 0.3 is 6.03 Å². The van der Waals surface area contributed by atoms with Crippen LogP contribution in [0.3, 0.4) is 0 Å². The lowest BCUT2D eigenvalue weighted by Gasteiger charge is -2.18. The summed E-state index contributed by atoms with van der Waals surface area (Å²) in [5, 5.41) is 8.38. The summed E-state index contributed by atoms with van der Waals surface area (Å²) in [6, 6.07) is 10.3. The first-order chi connectivity index (χ1) is 10.1. The van der Waals surface area contributed by atoms with E-state index >= 15 is 0 Å². The molecule has 1 aromatic carbocycles. The summed E-state index contributed by atoms with van der Waals surface area (Å²) in [6.07, 6.45) is 0. The van der Waals surface area contributed by atoms with E-state index in [-0.39, 0.29) is 12.1 Å². The molecule has 3 rings (SSSR count). The summed E-state index contributed by atoms with van der Waals surface area (Å²) in [6.45, 7) is 3.55. The molecule has 1 aliphatic heterocycles. The Morgan fingerprint density at radius 2 is 2.29 bits per heavy atom. The number of nitrogens with one attached hydrogen (secondary N) is 2. The Kier molecular flexibility index (Phi) is 4.17. The molecule has 0 saturated carbocycles. The lowest BCUT2D eigenvalue weighted by molar-refractivity contribution is 0.252. The topological polar surface area (TPSA) is 44.4 Å². The van der Waals surface area contributed by atoms with E-state index in [1.807, 2.05) is 24.3 Å². The molecule has 0 spiro atoms. The van der Waals surface area contributed by atoms with E-state index in [0.717, 1.165) is 22.4 Å². The molecule has 21 heavy (non-hydrogen) atoms. The van der Waals surface area contributed by atoms with Crippen molar-refractivity contribution < 1.29 is 4.79 Å². The van der Waals surface area contributed by atoms with Crippen LogP contribution in [0, 0.1) is 0 Å². The van der Waals surface area contributed by atoms with Crippen molar-refractivity contribution in [2.45, 2.75) is 13.0 Å². The third-order valence-electron chi connectivity index (χ3n) is 3.41. The van der Waals surface area contributed by atoms with Crippen LogP contribution in [0.2, 0.25) is 0 Å². The molecule has 0 radical (unpaired) electrons. The van der Waals surface area contributed by atoms with Crippen molar-refractivity contribution in [1.29, 1.82) is 0 Å². The summed E-state index contributed by atoms with van der Waals surface area (Å²) in [4.78, 5) is 14.8. The normalized spacial score (nSPS) is 15.9. The molecule has 1 atom stereocenters. The van der Waals surface area contributed by atoms with E-state index in [0.29, 0.717) is 6.54 Å². The molecule has 4 nitrogen and oxygen atoms in total. The van der Waals surface area contributed by atoms with E-state index in [1.54, 1.807) is 16.2 Å². The Balaban J connectivity index is 1.75. The standard InChI is InChI=1S/C15H16BrN3OS/c1-10(14-7-11(16)9-21-14)18-12-3-2-4-13(8-12)19-6-5-17-15(19)20/h2-4,7-10,18H,5-6H2,1H3,(H,17,20). The Hall–Kier alpha value is -1.53. The van der Waals surface area contributed by atoms with Gasteiger partial charge in [0.1, 0.15) is 0 Å². The fourth-order valence-corrected chi connectivity index (χ4v) is 3.81. The van der Waals surface area contributed by atoms with Crippen molar-refractivity contribution >= 4 is 44.7 Å². The quantitative estimate of drug-likeness (QED) is 0.851. The Morgan fingerprint density at radius 3 is 2.95 bits per heavy atom. The zero-order valence-electron chi connectivity index (χ0n) is 11.6. The van der Waals surface area contributed by atoms with Gasteiger partial charge in [-0.3, -0.25) is 4.90 Å². The number of rotatable bonds is 4. The first-order valence-corrected chi connectivity index (χ1v) is 8.46. The molecule has 6 heteroatoms. The van der Waals surface area contributed by atoms with E-state index in [2.05, 4.69) is 44.9 Å². The Bertz CT molecular complexity index is 658. The zero-order chi connectivity index (χ0) is 14.8. The summed E-state index contributed by atoms with van der Waals surface area (Å²) in [5.74, 6) is 0. The maximum atomic E-state index is 11.7. The van der Waals surface area contributed by atoms with Crippen LogP contribution in [-0.4, -0.2) is 19.1 Å². The minimum absolute atomic E-state index is 0.0256. The van der Waals surface area contributed by atoms with E-state index in [9.17, 15) is 4.79 Å². The van der Waals surface area contributed by atoms with Gasteiger partial charge in [-0.05, 0) is 47.1 Å². The Morgan fingerprint density at radius 1 is 1.43 bits per heavy atom. The summed E-state index contributed by atoms with van der Waals surface area (Å²) >= 11 is 5.20. The Labute approximate surface area is 136 Å². The molecule has 0 aliphatic carbocycles. The van der Waals surface area contributed by atoms with E-state index in [4.69, 9.17) is 0 Å². The molecular formula is C15H16BrN3OS. The molecule has 2 amide bonds. The average molecular weight is 366 g/mol. The molecule has 2 N–H and O–H groups in total. The van der Waals surface area contributed by atoms with Gasteiger partial charge in [0.25, 0.3) is 0 Å². The van der Waals surface area contributed by atoms with Gasteiger partial charge in [-0.25, -0.2) is 4.79 Å². The summed E-state index contributed by atoms with van der Waals surface area (Å²) in [7, 11) is 0. The van der Waals surface area contributed by atoms with Crippen molar-refractivity contribution in [2.24, 2.45) is 0 Å². The molecule has 1 unspecified atom stereocenters. The lowest BCUT2D eigenvalue weighted by atomic mass is 10.2. The van der Waals surface area contributed by atoms with Gasteiger partial charge in [-0.2, -0.15) is 0 Å². The second kappa shape index (κ2) is 6.07. The number of carbonyl (C=O) groups excluding carboxylic acids is 1. The highest BCUT2D eigenvalue weighted by molar-refractivity contribution is 9.10. The number of hydrogen-bond acceptors (Lipinski definition) is 3. The lowest BCUT2D eigenvalue weighted by Crippen LogP contribution is -2.27. The van der Waals surface area contributed by atoms with Crippen molar-refractivity contribution in [3.63, 3.8) is 0 Å². The third-order valence-corrected chi connectivity index (χ3v) is 5.29. The van der Waals surface area contributed by atoms with Crippen LogP contribution in [0.15, 0.2) is 40.2 Å². The molecule has 2 heterocycles. The monoisotopic (exact) mass is 365 g/mol. The van der Waals surface area contributed by atoms with Crippen LogP contribution in [0.5, 0.6) is 0 Å². The summed E-state index contributed by atoms with van der Waals surface area (Å²) in [5.41, 5.74) is 1.94. The van der Waals surface area contributed by atoms with Crippen molar-refractivity contribution in [2.75, 3.05) is 23.3 Å². The van der Waals surface area contributed by atoms with Crippen LogP contribution in [0.1, 0.15) is 17.8 Å². The van der Waals surface area contributed by atoms with Crippen LogP contribution in [0.4, 0.5) is 16.2 Å². The second-order valence-electron chi connectivity index (χ2n) is 4.97. The number of urea groups is 1. The van der Waals surface area contributed by atoms with Gasteiger partial charge in [0.2, 0.25) is 0 Å². The van der Waals surface area contributed by atoms with Gasteiger partial charge in [-0.1, -0.05) is 6.07 Å². The predicted octanol–water partition coefficient (Wildman–Crippen LogP) is 4.21. The van der Waals surface area contributed by atoms with Gasteiger partial charge < -0.3 is 10.6 Å². The largest absolute Gasteiger partial charge is 0.378 e. The van der Waals surface area contributed by atoms with E-state index in [1.165, 1.54) is 4.88 Å². The fourth-order valence-electron chi connectivity index (χ4n) is 2.36. The van der Waals surface area contributed by atoms with Crippen LogP contribution in [0.25, 0.3) is 0 Å². The molecule has 0 bridgehead atoms. The van der Waals surface area contributed by atoms with Crippen molar-refractivity contribution in [1.82, 2.24) is 5.32 Å². The van der Waals surface area contributed by atoms with Crippen molar-refractivity contribution in [3.05, 3.63) is 45.1 Å². The molecule has 1 aromatic heterocycles. The SMILES string of the molecule is CC(Nc1cccc(N2CCNC2=O)c1)c1cc(Br)cs1. The first-order valence-electron chi connectivity index (χ1n) is 6.79. The molecule has 2 aromatic rings. The maximum absolute atomic E-state index is 11.7. The van der Waals surface area contributed by atoms with Gasteiger partial charge in [0.15, 0.2) is 0 Å². The highest BCUT2D eigenvalue weighted by Gasteiger charge is 2.21. The molecular weight excluding hydrogens is 350 g/mol. The minimum atomic E-state index is -0.0256. The highest BCUT2D eigenvalue weighted by Crippen LogP contribution is 2.29. The first kappa shape index (κ1) is 14.4. The number of carbonyl (C=O) groups is 1. The van der Waals surface area contributed by atoms with Gasteiger partial charge in [-0.15, -0.1) is 11.3 Å². The van der Waals surface area contributed by atoms with Crippen molar-refractivity contribution in [3.8, 4) is 0 Å². The second-order valence-corrected chi connectivity index (χ2v) is 6.83. The average Bonchev–Trinajstić information content (AvgIpc) is 3.08. The third kappa shape index (κ3) is 3.22. The number of nitrogens with zero attached hydrogens (tertiary/aromatic N) is 1.